The number of aryl methyl sites for hydroxylation is 1. The largest absolute Gasteiger partial charge is 0.389 e. The maximum atomic E-state index is 13.4. The number of aromatic nitrogens is 4. The molecule has 0 radical (unpaired) electrons. The summed E-state index contributed by atoms with van der Waals surface area (Å²) in [5.74, 6) is -0.699. The lowest BCUT2D eigenvalue weighted by Gasteiger charge is -2.28. The number of hydrogen-bond donors (Lipinski definition) is 2. The van der Waals surface area contributed by atoms with Gasteiger partial charge in [0, 0.05) is 28.3 Å². The molecule has 1 saturated heterocycles. The second-order valence-electron chi connectivity index (χ2n) is 6.81. The Kier molecular flexibility index (Phi) is 4.68. The molecule has 0 unspecified atom stereocenters. The lowest BCUT2D eigenvalue weighted by molar-refractivity contribution is -0.0261. The van der Waals surface area contributed by atoms with Gasteiger partial charge in [-0.1, -0.05) is 23.7 Å². The van der Waals surface area contributed by atoms with Gasteiger partial charge in [-0.05, 0) is 24.1 Å². The number of ether oxygens (including phenoxy) is 1. The number of carbonyl (C=O) groups is 1. The number of rotatable bonds is 4. The Balaban J connectivity index is 1.80. The van der Waals surface area contributed by atoms with Crippen LogP contribution in [0.4, 0.5) is 0 Å². The van der Waals surface area contributed by atoms with Crippen LogP contribution >= 0.6 is 11.6 Å². The zero-order chi connectivity index (χ0) is 23.8. The molecule has 3 heterocycles. The summed E-state index contributed by atoms with van der Waals surface area (Å²) in [5.41, 5.74) is -0.111. The average molecular weight is 433 g/mol. The molecule has 1 aliphatic rings. The van der Waals surface area contributed by atoms with E-state index in [1.54, 1.807) is 24.3 Å². The topological polar surface area (TPSA) is 111 Å². The average Bonchev–Trinajstić information content (AvgIpc) is 3.26. The van der Waals surface area contributed by atoms with Gasteiger partial charge in [-0.2, -0.15) is 14.9 Å². The van der Waals surface area contributed by atoms with Gasteiger partial charge in [0.25, 0.3) is 11.5 Å². The Labute approximate surface area is 181 Å². The van der Waals surface area contributed by atoms with Crippen molar-refractivity contribution in [2.75, 3.05) is 13.2 Å². The van der Waals surface area contributed by atoms with E-state index in [9.17, 15) is 14.7 Å². The minimum Gasteiger partial charge on any atom is -0.389 e. The van der Waals surface area contributed by atoms with Crippen LogP contribution in [-0.2, 0) is 11.7 Å². The molecule has 1 aliphatic heterocycles. The lowest BCUT2D eigenvalue weighted by Crippen LogP contribution is -2.50. The van der Waals surface area contributed by atoms with Gasteiger partial charge in [0.15, 0.2) is 0 Å². The molecule has 2 aromatic heterocycles. The summed E-state index contributed by atoms with van der Waals surface area (Å²) >= 11 is 5.97. The summed E-state index contributed by atoms with van der Waals surface area (Å²) in [6.07, 6.45) is 3.13. The van der Waals surface area contributed by atoms with Crippen LogP contribution in [0.25, 0.3) is 16.8 Å². The van der Waals surface area contributed by atoms with Gasteiger partial charge >= 0.3 is 0 Å². The summed E-state index contributed by atoms with van der Waals surface area (Å²) in [7, 11) is 0. The molecule has 9 nitrogen and oxygen atoms in total. The maximum Gasteiger partial charge on any atom is 0.285 e. The Hall–Kier alpha value is -3.01. The van der Waals surface area contributed by atoms with Gasteiger partial charge in [-0.3, -0.25) is 14.3 Å². The summed E-state index contributed by atoms with van der Waals surface area (Å²) < 4.78 is 29.2. The van der Waals surface area contributed by atoms with E-state index < -0.39 is 30.6 Å². The normalized spacial score (nSPS) is 20.8. The first-order chi connectivity index (χ1) is 15.6. The van der Waals surface area contributed by atoms with E-state index in [1.165, 1.54) is 12.4 Å². The molecule has 0 saturated carbocycles. The maximum absolute atomic E-state index is 13.4. The number of benzene rings is 1. The van der Waals surface area contributed by atoms with Gasteiger partial charge in [0.2, 0.25) is 0 Å². The van der Waals surface area contributed by atoms with Crippen molar-refractivity contribution in [2.24, 2.45) is 6.98 Å². The summed E-state index contributed by atoms with van der Waals surface area (Å²) in [6, 6.07) is 5.94. The van der Waals surface area contributed by atoms with Crippen LogP contribution in [0.5, 0.6) is 0 Å². The van der Waals surface area contributed by atoms with Crippen LogP contribution in [0.1, 0.15) is 20.9 Å². The van der Waals surface area contributed by atoms with Crippen molar-refractivity contribution in [3.05, 3.63) is 63.8 Å². The van der Waals surface area contributed by atoms with Crippen molar-refractivity contribution in [2.45, 2.75) is 18.6 Å². The Bertz CT molecular complexity index is 1230. The number of amides is 1. The third-order valence-corrected chi connectivity index (χ3v) is 5.07. The van der Waals surface area contributed by atoms with Gasteiger partial charge in [0.1, 0.15) is 11.3 Å². The number of carbonyl (C=O) groups excluding carboxylic acids is 1. The van der Waals surface area contributed by atoms with Crippen LogP contribution in [0.2, 0.25) is 5.02 Å². The van der Waals surface area contributed by atoms with E-state index in [4.69, 9.17) is 20.5 Å². The fourth-order valence-corrected chi connectivity index (χ4v) is 3.39. The van der Waals surface area contributed by atoms with Gasteiger partial charge < -0.3 is 15.2 Å². The quantitative estimate of drug-likeness (QED) is 0.640. The number of nitrogens with zero attached hydrogens (tertiary/aromatic N) is 4. The van der Waals surface area contributed by atoms with Crippen molar-refractivity contribution < 1.29 is 18.8 Å². The molecule has 0 bridgehead atoms. The standard InChI is InChI=1S/C20H20ClN5O4/c1-25-10-14(8-22-25)26-20(29)18(19(28)24-16-6-7-30-11-17(16)27)15(9-23-26)12-2-4-13(21)5-3-12/h2-5,8-10,16-17,27H,6-7,11H2,1H3,(H,24,28)/t16-,17-/m1/s1/i1D3. The van der Waals surface area contributed by atoms with E-state index in [0.717, 1.165) is 15.6 Å². The molecule has 156 valence electrons. The van der Waals surface area contributed by atoms with Crippen LogP contribution in [0.15, 0.2) is 47.7 Å². The molecule has 1 fully saturated rings. The predicted molar refractivity (Wildman–Crippen MR) is 110 cm³/mol. The molecule has 3 aromatic rings. The molecule has 2 N–H and O–H groups in total. The molecule has 4 rings (SSSR count). The molecule has 1 amide bonds. The number of halogens is 1. The van der Waals surface area contributed by atoms with Crippen molar-refractivity contribution >= 4 is 17.5 Å². The number of nitrogens with one attached hydrogen (secondary N) is 1. The third kappa shape index (κ3) is 4.00. The summed E-state index contributed by atoms with van der Waals surface area (Å²) in [4.78, 5) is 26.7. The molecular formula is C20H20ClN5O4. The monoisotopic (exact) mass is 432 g/mol. The van der Waals surface area contributed by atoms with Crippen molar-refractivity contribution in [1.29, 1.82) is 0 Å². The smallest absolute Gasteiger partial charge is 0.285 e. The van der Waals surface area contributed by atoms with E-state index in [0.29, 0.717) is 23.6 Å². The Morgan fingerprint density at radius 3 is 2.83 bits per heavy atom. The first kappa shape index (κ1) is 16.8. The molecule has 0 spiro atoms. The van der Waals surface area contributed by atoms with Gasteiger partial charge in [0.05, 0.1) is 37.3 Å². The molecule has 10 heteroatoms. The zero-order valence-corrected chi connectivity index (χ0v) is 16.4. The van der Waals surface area contributed by atoms with E-state index in [2.05, 4.69) is 15.5 Å². The highest BCUT2D eigenvalue weighted by Gasteiger charge is 2.28. The highest BCUT2D eigenvalue weighted by atomic mass is 35.5. The van der Waals surface area contributed by atoms with Crippen LogP contribution in [0.3, 0.4) is 0 Å². The molecule has 30 heavy (non-hydrogen) atoms. The van der Waals surface area contributed by atoms with Gasteiger partial charge in [-0.25, -0.2) is 0 Å². The second-order valence-corrected chi connectivity index (χ2v) is 7.25. The minimum atomic E-state index is -2.54. The van der Waals surface area contributed by atoms with Crippen LogP contribution in [0, 0.1) is 0 Å². The first-order valence-corrected chi connectivity index (χ1v) is 9.53. The zero-order valence-electron chi connectivity index (χ0n) is 18.7. The predicted octanol–water partition coefficient (Wildman–Crippen LogP) is 1.17. The number of hydrogen-bond acceptors (Lipinski definition) is 6. The number of aliphatic hydroxyl groups excluding tert-OH is 1. The van der Waals surface area contributed by atoms with Gasteiger partial charge in [-0.15, -0.1) is 0 Å². The van der Waals surface area contributed by atoms with E-state index in [1.807, 2.05) is 0 Å². The second kappa shape index (κ2) is 8.39. The molecule has 0 aliphatic carbocycles. The fourth-order valence-electron chi connectivity index (χ4n) is 3.26. The molecule has 2 atom stereocenters. The third-order valence-electron chi connectivity index (χ3n) is 4.82. The number of aliphatic hydroxyl groups is 1. The highest BCUT2D eigenvalue weighted by molar-refractivity contribution is 6.30. The molecule has 1 aromatic carbocycles. The van der Waals surface area contributed by atoms with Crippen LogP contribution < -0.4 is 10.9 Å². The molecular weight excluding hydrogens is 410 g/mol. The van der Waals surface area contributed by atoms with E-state index >= 15 is 0 Å². The van der Waals surface area contributed by atoms with Crippen molar-refractivity contribution in [3.63, 3.8) is 0 Å². The first-order valence-electron chi connectivity index (χ1n) is 10.7. The Morgan fingerprint density at radius 2 is 2.13 bits per heavy atom. The lowest BCUT2D eigenvalue weighted by atomic mass is 10.0. The van der Waals surface area contributed by atoms with E-state index in [-0.39, 0.29) is 23.4 Å². The van der Waals surface area contributed by atoms with Crippen LogP contribution in [-0.4, -0.2) is 55.9 Å². The van der Waals surface area contributed by atoms with Crippen molar-refractivity contribution in [3.8, 4) is 16.8 Å². The summed E-state index contributed by atoms with van der Waals surface area (Å²) in [6.45, 7) is -2.10. The van der Waals surface area contributed by atoms with Crippen molar-refractivity contribution in [1.82, 2.24) is 24.9 Å². The summed E-state index contributed by atoms with van der Waals surface area (Å²) in [5, 5.41) is 21.2. The Morgan fingerprint density at radius 1 is 1.33 bits per heavy atom. The SMILES string of the molecule is [2H]C([2H])([2H])n1cc(-n2ncc(-c3ccc(Cl)cc3)c(C(=O)N[C@@H]3CCOC[C@H]3O)c2=O)cn1. The highest BCUT2D eigenvalue weighted by Crippen LogP contribution is 2.23. The fraction of sp³-hybridized carbons (Fsp3) is 0.300. The minimum absolute atomic E-state index is 0.0733.